The predicted octanol–water partition coefficient (Wildman–Crippen LogP) is 13.6. The lowest BCUT2D eigenvalue weighted by Crippen LogP contribution is -2.14. The van der Waals surface area contributed by atoms with E-state index in [1.165, 1.54) is 98.7 Å². The highest BCUT2D eigenvalue weighted by atomic mass is 14.4. The van der Waals surface area contributed by atoms with Crippen LogP contribution >= 0.6 is 0 Å². The molecule has 10 rings (SSSR count). The van der Waals surface area contributed by atoms with E-state index in [0.717, 1.165) is 0 Å². The van der Waals surface area contributed by atoms with Crippen LogP contribution in [0.5, 0.6) is 0 Å². The molecule has 0 unspecified atom stereocenters. The van der Waals surface area contributed by atoms with Gasteiger partial charge in [0.1, 0.15) is 0 Å². The molecule has 0 aliphatic heterocycles. The Morgan fingerprint density at radius 3 is 1.55 bits per heavy atom. The van der Waals surface area contributed by atoms with Gasteiger partial charge in [-0.25, -0.2) is 0 Å². The van der Waals surface area contributed by atoms with E-state index in [1.807, 2.05) is 0 Å². The SMILES string of the molecule is CC1(C)c2ccccc2-c2ccc(-c3ccc4ccc(-c5ccc6cc(-c7cc8ccccc8c8ccccc78)ccc6c5)cc4c3)cc21. The fraction of sp³-hybridized carbons (Fsp3) is 0.0612. The van der Waals surface area contributed by atoms with Crippen LogP contribution < -0.4 is 0 Å². The molecule has 0 amide bonds. The Morgan fingerprint density at radius 1 is 0.286 bits per heavy atom. The Balaban J connectivity index is 1.01. The minimum absolute atomic E-state index is 0.00787. The van der Waals surface area contributed by atoms with Crippen molar-refractivity contribution in [2.75, 3.05) is 0 Å². The molecule has 0 fully saturated rings. The molecule has 9 aromatic carbocycles. The van der Waals surface area contributed by atoms with Crippen LogP contribution in [0.4, 0.5) is 0 Å². The van der Waals surface area contributed by atoms with Crippen LogP contribution in [0.15, 0.2) is 170 Å². The zero-order chi connectivity index (χ0) is 32.7. The highest BCUT2D eigenvalue weighted by Crippen LogP contribution is 2.49. The van der Waals surface area contributed by atoms with Crippen LogP contribution in [-0.4, -0.2) is 0 Å². The van der Waals surface area contributed by atoms with E-state index < -0.39 is 0 Å². The van der Waals surface area contributed by atoms with Gasteiger partial charge in [-0.1, -0.05) is 147 Å². The molecule has 0 radical (unpaired) electrons. The van der Waals surface area contributed by atoms with Gasteiger partial charge in [0.05, 0.1) is 0 Å². The number of hydrogen-bond donors (Lipinski definition) is 0. The third-order valence-corrected chi connectivity index (χ3v) is 11.0. The quantitative estimate of drug-likeness (QED) is 0.172. The number of hydrogen-bond acceptors (Lipinski definition) is 0. The van der Waals surface area contributed by atoms with Gasteiger partial charge in [0.15, 0.2) is 0 Å². The lowest BCUT2D eigenvalue weighted by atomic mass is 9.81. The summed E-state index contributed by atoms with van der Waals surface area (Å²) in [6, 6.07) is 63.3. The highest BCUT2D eigenvalue weighted by molar-refractivity contribution is 6.14. The van der Waals surface area contributed by atoms with Crippen LogP contribution in [0.1, 0.15) is 25.0 Å². The van der Waals surface area contributed by atoms with Gasteiger partial charge < -0.3 is 0 Å². The fourth-order valence-corrected chi connectivity index (χ4v) is 8.38. The molecule has 0 atom stereocenters. The molecule has 49 heavy (non-hydrogen) atoms. The van der Waals surface area contributed by atoms with E-state index in [9.17, 15) is 0 Å². The summed E-state index contributed by atoms with van der Waals surface area (Å²) < 4.78 is 0. The number of benzene rings is 9. The van der Waals surface area contributed by atoms with Crippen molar-refractivity contribution in [3.8, 4) is 44.5 Å². The average Bonchev–Trinajstić information content (AvgIpc) is 3.39. The molecule has 0 saturated carbocycles. The normalized spacial score (nSPS) is 13.3. The molecule has 0 aromatic heterocycles. The summed E-state index contributed by atoms with van der Waals surface area (Å²) in [5.41, 5.74) is 13.1. The van der Waals surface area contributed by atoms with Gasteiger partial charge in [0.25, 0.3) is 0 Å². The van der Waals surface area contributed by atoms with Gasteiger partial charge >= 0.3 is 0 Å². The molecule has 0 bridgehead atoms. The minimum atomic E-state index is -0.00787. The Bertz CT molecular complexity index is 2800. The first-order chi connectivity index (χ1) is 24.0. The zero-order valence-corrected chi connectivity index (χ0v) is 27.7. The molecule has 1 aliphatic rings. The zero-order valence-electron chi connectivity index (χ0n) is 27.7. The van der Waals surface area contributed by atoms with Crippen molar-refractivity contribution in [1.82, 2.24) is 0 Å². The maximum atomic E-state index is 2.42. The van der Waals surface area contributed by atoms with Crippen molar-refractivity contribution in [3.05, 3.63) is 181 Å². The minimum Gasteiger partial charge on any atom is -0.0619 e. The van der Waals surface area contributed by atoms with E-state index in [4.69, 9.17) is 0 Å². The molecular weight excluding hydrogens is 589 g/mol. The summed E-state index contributed by atoms with van der Waals surface area (Å²) in [5, 5.41) is 10.2. The van der Waals surface area contributed by atoms with Crippen LogP contribution in [0.3, 0.4) is 0 Å². The monoisotopic (exact) mass is 622 g/mol. The third-order valence-electron chi connectivity index (χ3n) is 11.0. The number of fused-ring (bicyclic) bond motifs is 8. The molecule has 0 heteroatoms. The van der Waals surface area contributed by atoms with E-state index in [1.54, 1.807) is 0 Å². The predicted molar refractivity (Wildman–Crippen MR) is 210 cm³/mol. The van der Waals surface area contributed by atoms with Crippen LogP contribution in [0.2, 0.25) is 0 Å². The summed E-state index contributed by atoms with van der Waals surface area (Å²) in [5.74, 6) is 0. The molecule has 0 spiro atoms. The molecule has 0 nitrogen and oxygen atoms in total. The molecular formula is C49H34. The lowest BCUT2D eigenvalue weighted by molar-refractivity contribution is 0.660. The summed E-state index contributed by atoms with van der Waals surface area (Å²) >= 11 is 0. The molecule has 1 aliphatic carbocycles. The first kappa shape index (κ1) is 28.1. The number of rotatable bonds is 3. The van der Waals surface area contributed by atoms with E-state index in [2.05, 4.69) is 184 Å². The summed E-state index contributed by atoms with van der Waals surface area (Å²) in [7, 11) is 0. The van der Waals surface area contributed by atoms with Crippen molar-refractivity contribution in [2.24, 2.45) is 0 Å². The second kappa shape index (κ2) is 10.5. The van der Waals surface area contributed by atoms with Crippen molar-refractivity contribution in [1.29, 1.82) is 0 Å². The van der Waals surface area contributed by atoms with Gasteiger partial charge in [0.2, 0.25) is 0 Å². The smallest absolute Gasteiger partial charge is 0.0159 e. The van der Waals surface area contributed by atoms with Crippen LogP contribution in [0, 0.1) is 0 Å². The van der Waals surface area contributed by atoms with Crippen molar-refractivity contribution in [2.45, 2.75) is 19.3 Å². The van der Waals surface area contributed by atoms with Crippen molar-refractivity contribution < 1.29 is 0 Å². The van der Waals surface area contributed by atoms with Crippen molar-refractivity contribution in [3.63, 3.8) is 0 Å². The summed E-state index contributed by atoms with van der Waals surface area (Å²) in [6.07, 6.45) is 0. The first-order valence-corrected chi connectivity index (χ1v) is 17.2. The second-order valence-electron chi connectivity index (χ2n) is 14.2. The second-order valence-corrected chi connectivity index (χ2v) is 14.2. The van der Waals surface area contributed by atoms with E-state index in [-0.39, 0.29) is 5.41 Å². The third kappa shape index (κ3) is 4.38. The Morgan fingerprint density at radius 2 is 0.796 bits per heavy atom. The Hall–Kier alpha value is -5.98. The van der Waals surface area contributed by atoms with Crippen molar-refractivity contribution >= 4 is 43.1 Å². The van der Waals surface area contributed by atoms with E-state index in [0.29, 0.717) is 0 Å². The molecule has 230 valence electrons. The van der Waals surface area contributed by atoms with Gasteiger partial charge in [-0.15, -0.1) is 0 Å². The van der Waals surface area contributed by atoms with Crippen LogP contribution in [-0.2, 0) is 5.41 Å². The maximum Gasteiger partial charge on any atom is 0.0159 e. The van der Waals surface area contributed by atoms with Gasteiger partial charge in [0, 0.05) is 5.41 Å². The first-order valence-electron chi connectivity index (χ1n) is 17.2. The standard InChI is InChI=1S/C49H34/c1-49(2)47-14-8-7-13-44(47)45-24-23-37(30-48(45)49)36-18-16-31-15-17-35(27-40(31)28-36)32-19-20-34-26-39(22-21-33(34)25-32)46-29-38-9-3-4-10-41(38)42-11-5-6-12-43(42)46/h3-30H,1-2H3. The van der Waals surface area contributed by atoms with E-state index >= 15 is 0 Å². The molecule has 0 saturated heterocycles. The van der Waals surface area contributed by atoms with Gasteiger partial charge in [-0.2, -0.15) is 0 Å². The molecule has 0 N–H and O–H groups in total. The molecule has 0 heterocycles. The Labute approximate surface area is 286 Å². The summed E-state index contributed by atoms with van der Waals surface area (Å²) in [6.45, 7) is 4.70. The van der Waals surface area contributed by atoms with Crippen LogP contribution in [0.25, 0.3) is 87.6 Å². The highest BCUT2D eigenvalue weighted by Gasteiger charge is 2.35. The Kier molecular flexibility index (Phi) is 6.02. The topological polar surface area (TPSA) is 0 Å². The van der Waals surface area contributed by atoms with Gasteiger partial charge in [-0.3, -0.25) is 0 Å². The molecule has 9 aromatic rings. The summed E-state index contributed by atoms with van der Waals surface area (Å²) in [4.78, 5) is 0. The fourth-order valence-electron chi connectivity index (χ4n) is 8.38. The maximum absolute atomic E-state index is 2.42. The van der Waals surface area contributed by atoms with Gasteiger partial charge in [-0.05, 0) is 135 Å². The average molecular weight is 623 g/mol. The lowest BCUT2D eigenvalue weighted by Gasteiger charge is -2.22. The largest absolute Gasteiger partial charge is 0.0619 e.